The molecule has 0 aliphatic carbocycles. The first kappa shape index (κ1) is 15.6. The molecule has 1 amide bonds. The summed E-state index contributed by atoms with van der Waals surface area (Å²) < 4.78 is 5.36. The van der Waals surface area contributed by atoms with Crippen LogP contribution >= 0.6 is 0 Å². The Morgan fingerprint density at radius 2 is 2.00 bits per heavy atom. The normalized spacial score (nSPS) is 9.70. The number of methoxy groups -OCH3 is 1. The number of hydrogen-bond acceptors (Lipinski definition) is 4. The molecule has 0 aliphatic heterocycles. The number of nitrogens with two attached hydrogens (primary N) is 1. The van der Waals surface area contributed by atoms with Crippen molar-refractivity contribution in [1.29, 1.82) is 0 Å². The summed E-state index contributed by atoms with van der Waals surface area (Å²) in [5.41, 5.74) is 7.75. The predicted octanol–water partition coefficient (Wildman–Crippen LogP) is 2.41. The number of amides is 1. The monoisotopic (exact) mass is 275 g/mol. The SMILES string of the molecule is C=CCN(CC=C)c1cc(NC(C)=O)c(N)cc1OC. The average molecular weight is 275 g/mol. The number of carbonyl (C=O) groups is 1. The van der Waals surface area contributed by atoms with Gasteiger partial charge in [-0.2, -0.15) is 0 Å². The molecular formula is C15H21N3O2. The van der Waals surface area contributed by atoms with Crippen LogP contribution in [0.2, 0.25) is 0 Å². The molecule has 20 heavy (non-hydrogen) atoms. The van der Waals surface area contributed by atoms with Crippen LogP contribution in [0.1, 0.15) is 6.92 Å². The van der Waals surface area contributed by atoms with Crippen molar-refractivity contribution in [2.75, 3.05) is 36.1 Å². The van der Waals surface area contributed by atoms with Crippen molar-refractivity contribution >= 4 is 23.0 Å². The van der Waals surface area contributed by atoms with E-state index in [0.29, 0.717) is 30.2 Å². The molecule has 3 N–H and O–H groups in total. The van der Waals surface area contributed by atoms with Crippen LogP contribution in [0.3, 0.4) is 0 Å². The van der Waals surface area contributed by atoms with Gasteiger partial charge in [0.1, 0.15) is 5.75 Å². The van der Waals surface area contributed by atoms with E-state index in [0.717, 1.165) is 5.69 Å². The number of nitrogens with zero attached hydrogens (tertiary/aromatic N) is 1. The van der Waals surface area contributed by atoms with Gasteiger partial charge in [-0.05, 0) is 6.07 Å². The van der Waals surface area contributed by atoms with E-state index in [1.165, 1.54) is 6.92 Å². The molecule has 108 valence electrons. The van der Waals surface area contributed by atoms with Crippen LogP contribution in [-0.4, -0.2) is 26.1 Å². The fourth-order valence-electron chi connectivity index (χ4n) is 1.88. The summed E-state index contributed by atoms with van der Waals surface area (Å²) >= 11 is 0. The molecule has 0 aromatic heterocycles. The molecule has 5 nitrogen and oxygen atoms in total. The lowest BCUT2D eigenvalue weighted by Gasteiger charge is -2.25. The zero-order valence-electron chi connectivity index (χ0n) is 12.0. The highest BCUT2D eigenvalue weighted by Crippen LogP contribution is 2.35. The highest BCUT2D eigenvalue weighted by molar-refractivity contribution is 5.94. The van der Waals surface area contributed by atoms with Crippen LogP contribution in [0.25, 0.3) is 0 Å². The average Bonchev–Trinajstić information content (AvgIpc) is 2.40. The molecule has 0 spiro atoms. The third kappa shape index (κ3) is 3.78. The summed E-state index contributed by atoms with van der Waals surface area (Å²) in [6.45, 7) is 10.2. The number of benzene rings is 1. The lowest BCUT2D eigenvalue weighted by atomic mass is 10.2. The van der Waals surface area contributed by atoms with Gasteiger partial charge in [-0.15, -0.1) is 13.2 Å². The largest absolute Gasteiger partial charge is 0.495 e. The van der Waals surface area contributed by atoms with Crippen molar-refractivity contribution in [2.45, 2.75) is 6.92 Å². The van der Waals surface area contributed by atoms with Crippen molar-refractivity contribution in [1.82, 2.24) is 0 Å². The smallest absolute Gasteiger partial charge is 0.221 e. The van der Waals surface area contributed by atoms with E-state index in [1.807, 2.05) is 4.90 Å². The number of nitrogen functional groups attached to an aromatic ring is 1. The van der Waals surface area contributed by atoms with Gasteiger partial charge in [0.25, 0.3) is 0 Å². The first-order chi connectivity index (χ1) is 9.53. The summed E-state index contributed by atoms with van der Waals surface area (Å²) in [6.07, 6.45) is 3.58. The number of nitrogens with one attached hydrogen (secondary N) is 1. The predicted molar refractivity (Wildman–Crippen MR) is 84.3 cm³/mol. The van der Waals surface area contributed by atoms with E-state index in [2.05, 4.69) is 18.5 Å². The van der Waals surface area contributed by atoms with Gasteiger partial charge in [-0.3, -0.25) is 4.79 Å². The zero-order valence-corrected chi connectivity index (χ0v) is 12.0. The molecule has 0 fully saturated rings. The van der Waals surface area contributed by atoms with Crippen molar-refractivity contribution in [2.24, 2.45) is 0 Å². The first-order valence-electron chi connectivity index (χ1n) is 6.25. The highest BCUT2D eigenvalue weighted by atomic mass is 16.5. The van der Waals surface area contributed by atoms with Gasteiger partial charge in [0, 0.05) is 26.1 Å². The highest BCUT2D eigenvalue weighted by Gasteiger charge is 2.14. The van der Waals surface area contributed by atoms with Gasteiger partial charge in [0.05, 0.1) is 24.2 Å². The molecule has 0 bridgehead atoms. The quantitative estimate of drug-likeness (QED) is 0.592. The Hall–Kier alpha value is -2.43. The second-order valence-corrected chi connectivity index (χ2v) is 4.27. The Morgan fingerprint density at radius 1 is 1.40 bits per heavy atom. The molecule has 1 aromatic rings. The second kappa shape index (κ2) is 7.23. The number of hydrogen-bond donors (Lipinski definition) is 2. The zero-order chi connectivity index (χ0) is 15.1. The fraction of sp³-hybridized carbons (Fsp3) is 0.267. The maximum atomic E-state index is 11.2. The Balaban J connectivity index is 3.28. The summed E-state index contributed by atoms with van der Waals surface area (Å²) in [4.78, 5) is 13.2. The van der Waals surface area contributed by atoms with Crippen LogP contribution in [0.5, 0.6) is 5.75 Å². The van der Waals surface area contributed by atoms with Gasteiger partial charge >= 0.3 is 0 Å². The molecule has 0 saturated carbocycles. The van der Waals surface area contributed by atoms with Gasteiger partial charge < -0.3 is 20.7 Å². The van der Waals surface area contributed by atoms with Crippen LogP contribution in [0.15, 0.2) is 37.4 Å². The minimum absolute atomic E-state index is 0.174. The molecule has 0 atom stereocenters. The summed E-state index contributed by atoms with van der Waals surface area (Å²) in [5, 5.41) is 2.71. The van der Waals surface area contributed by atoms with E-state index < -0.39 is 0 Å². The summed E-state index contributed by atoms with van der Waals surface area (Å²) in [6, 6.07) is 3.49. The third-order valence-corrected chi connectivity index (χ3v) is 2.70. The molecule has 0 radical (unpaired) electrons. The molecule has 0 saturated heterocycles. The van der Waals surface area contributed by atoms with E-state index in [9.17, 15) is 4.79 Å². The number of ether oxygens (including phenoxy) is 1. The Bertz CT molecular complexity index is 502. The van der Waals surface area contributed by atoms with E-state index in [1.54, 1.807) is 31.4 Å². The Morgan fingerprint density at radius 3 is 2.45 bits per heavy atom. The summed E-state index contributed by atoms with van der Waals surface area (Å²) in [5.74, 6) is 0.465. The lowest BCUT2D eigenvalue weighted by Crippen LogP contribution is -2.24. The van der Waals surface area contributed by atoms with Crippen molar-refractivity contribution in [3.8, 4) is 5.75 Å². The molecule has 0 unspecified atom stereocenters. The van der Waals surface area contributed by atoms with Crippen molar-refractivity contribution < 1.29 is 9.53 Å². The van der Waals surface area contributed by atoms with E-state index >= 15 is 0 Å². The van der Waals surface area contributed by atoms with Crippen LogP contribution < -0.4 is 20.7 Å². The summed E-state index contributed by atoms with van der Waals surface area (Å²) in [7, 11) is 1.58. The van der Waals surface area contributed by atoms with Crippen molar-refractivity contribution in [3.05, 3.63) is 37.4 Å². The first-order valence-corrected chi connectivity index (χ1v) is 6.25. The topological polar surface area (TPSA) is 67.6 Å². The minimum Gasteiger partial charge on any atom is -0.495 e. The van der Waals surface area contributed by atoms with E-state index in [4.69, 9.17) is 10.5 Å². The van der Waals surface area contributed by atoms with Gasteiger partial charge in [-0.25, -0.2) is 0 Å². The number of rotatable bonds is 7. The Kier molecular flexibility index (Phi) is 5.65. The third-order valence-electron chi connectivity index (χ3n) is 2.70. The molecule has 5 heteroatoms. The molecule has 0 aliphatic rings. The van der Waals surface area contributed by atoms with Crippen LogP contribution in [-0.2, 0) is 4.79 Å². The molecule has 1 aromatic carbocycles. The van der Waals surface area contributed by atoms with Crippen LogP contribution in [0, 0.1) is 0 Å². The molecular weight excluding hydrogens is 254 g/mol. The van der Waals surface area contributed by atoms with E-state index in [-0.39, 0.29) is 5.91 Å². The molecule has 1 rings (SSSR count). The second-order valence-electron chi connectivity index (χ2n) is 4.27. The van der Waals surface area contributed by atoms with Gasteiger partial charge in [-0.1, -0.05) is 12.2 Å². The maximum Gasteiger partial charge on any atom is 0.221 e. The number of carbonyl (C=O) groups excluding carboxylic acids is 1. The maximum absolute atomic E-state index is 11.2. The van der Waals surface area contributed by atoms with Gasteiger partial charge in [0.15, 0.2) is 0 Å². The Labute approximate surface area is 119 Å². The van der Waals surface area contributed by atoms with Crippen molar-refractivity contribution in [3.63, 3.8) is 0 Å². The number of anilines is 3. The lowest BCUT2D eigenvalue weighted by molar-refractivity contribution is -0.114. The molecule has 0 heterocycles. The standard InChI is InChI=1S/C15H21N3O2/c1-5-7-18(8-6-2)14-10-13(17-11(3)19)12(16)9-15(14)20-4/h5-6,9-10H,1-2,7-8,16H2,3-4H3,(H,17,19). The van der Waals surface area contributed by atoms with Gasteiger partial charge in [0.2, 0.25) is 5.91 Å². The van der Waals surface area contributed by atoms with Crippen LogP contribution in [0.4, 0.5) is 17.1 Å². The fourth-order valence-corrected chi connectivity index (χ4v) is 1.88. The minimum atomic E-state index is -0.174.